The van der Waals surface area contributed by atoms with Crippen LogP contribution in [-0.2, 0) is 17.9 Å². The Bertz CT molecular complexity index is 779. The highest BCUT2D eigenvalue weighted by atomic mass is 16.2. The lowest BCUT2D eigenvalue weighted by atomic mass is 10.2. The number of urea groups is 2. The number of carbonyl (C=O) groups is 3. The second-order valence-electron chi connectivity index (χ2n) is 5.73. The monoisotopic (exact) mass is 338 g/mol. The predicted octanol–water partition coefficient (Wildman–Crippen LogP) is 1.65. The van der Waals surface area contributed by atoms with Gasteiger partial charge in [-0.05, 0) is 11.1 Å². The summed E-state index contributed by atoms with van der Waals surface area (Å²) in [6.07, 6.45) is -1.08. The van der Waals surface area contributed by atoms with Crippen molar-refractivity contribution in [3.63, 3.8) is 0 Å². The summed E-state index contributed by atoms with van der Waals surface area (Å²) < 4.78 is 0. The van der Waals surface area contributed by atoms with Gasteiger partial charge in [0.1, 0.15) is 0 Å². The lowest BCUT2D eigenvalue weighted by Gasteiger charge is -2.31. The first-order valence-corrected chi connectivity index (χ1v) is 7.81. The molecule has 2 aromatic rings. The van der Waals surface area contributed by atoms with Gasteiger partial charge in [-0.25, -0.2) is 9.59 Å². The van der Waals surface area contributed by atoms with Crippen molar-refractivity contribution in [2.45, 2.75) is 19.3 Å². The van der Waals surface area contributed by atoms with Gasteiger partial charge in [0.05, 0.1) is 0 Å². The Hall–Kier alpha value is -3.35. The van der Waals surface area contributed by atoms with Crippen molar-refractivity contribution in [3.05, 3.63) is 71.8 Å². The maximum atomic E-state index is 12.3. The van der Waals surface area contributed by atoms with Gasteiger partial charge in [-0.3, -0.25) is 19.9 Å². The van der Waals surface area contributed by atoms with E-state index in [-0.39, 0.29) is 13.1 Å². The molecule has 0 radical (unpaired) electrons. The van der Waals surface area contributed by atoms with Gasteiger partial charge in [0.15, 0.2) is 6.17 Å². The molecule has 0 aliphatic carbocycles. The smallest absolute Gasteiger partial charge is 0.326 e. The molecule has 7 heteroatoms. The summed E-state index contributed by atoms with van der Waals surface area (Å²) in [5.74, 6) is -0.560. The van der Waals surface area contributed by atoms with Crippen LogP contribution in [-0.4, -0.2) is 33.9 Å². The largest absolute Gasteiger partial charge is 0.351 e. The fourth-order valence-electron chi connectivity index (χ4n) is 2.81. The third-order valence-electron chi connectivity index (χ3n) is 3.99. The van der Waals surface area contributed by atoms with Gasteiger partial charge in [0.25, 0.3) is 5.91 Å². The zero-order chi connectivity index (χ0) is 17.8. The Morgan fingerprint density at radius 1 is 1.00 bits per heavy atom. The fourth-order valence-corrected chi connectivity index (χ4v) is 2.81. The van der Waals surface area contributed by atoms with Crippen LogP contribution in [0.3, 0.4) is 0 Å². The summed E-state index contributed by atoms with van der Waals surface area (Å²) in [6, 6.07) is 17.1. The Kier molecular flexibility index (Phi) is 4.65. The standard InChI is InChI=1S/C18H18N4O3/c19-17(24)21(11-13-7-3-1-4-8-13)16-15(23)20-18(25)22(16)12-14-9-5-2-6-10-14/h1-10,16H,11-12H2,(H2,19,24)(H,20,23,25). The van der Waals surface area contributed by atoms with E-state index in [1.807, 2.05) is 60.7 Å². The molecule has 1 saturated heterocycles. The van der Waals surface area contributed by atoms with Crippen molar-refractivity contribution >= 4 is 18.0 Å². The molecule has 3 N–H and O–H groups in total. The van der Waals surface area contributed by atoms with E-state index in [0.29, 0.717) is 0 Å². The van der Waals surface area contributed by atoms with Crippen LogP contribution in [0.15, 0.2) is 60.7 Å². The molecule has 7 nitrogen and oxygen atoms in total. The molecule has 1 atom stereocenters. The normalized spacial score (nSPS) is 16.6. The predicted molar refractivity (Wildman–Crippen MR) is 90.9 cm³/mol. The number of nitrogens with two attached hydrogens (primary N) is 1. The average Bonchev–Trinajstić information content (AvgIpc) is 2.88. The fraction of sp³-hybridized carbons (Fsp3) is 0.167. The molecule has 1 unspecified atom stereocenters. The van der Waals surface area contributed by atoms with Crippen LogP contribution in [0.1, 0.15) is 11.1 Å². The molecule has 0 spiro atoms. The van der Waals surface area contributed by atoms with E-state index in [1.54, 1.807) is 0 Å². The zero-order valence-electron chi connectivity index (χ0n) is 13.5. The van der Waals surface area contributed by atoms with Crippen LogP contribution < -0.4 is 11.1 Å². The summed E-state index contributed by atoms with van der Waals surface area (Å²) >= 11 is 0. The molecule has 0 saturated carbocycles. The highest BCUT2D eigenvalue weighted by molar-refractivity contribution is 6.05. The molecule has 2 aromatic carbocycles. The van der Waals surface area contributed by atoms with E-state index in [4.69, 9.17) is 5.73 Å². The Balaban J connectivity index is 1.87. The number of imide groups is 1. The van der Waals surface area contributed by atoms with Crippen LogP contribution in [0.5, 0.6) is 0 Å². The molecule has 1 aliphatic heterocycles. The van der Waals surface area contributed by atoms with Crippen LogP contribution in [0, 0.1) is 0 Å². The van der Waals surface area contributed by atoms with Crippen LogP contribution in [0.2, 0.25) is 0 Å². The second-order valence-corrected chi connectivity index (χ2v) is 5.73. The first kappa shape index (κ1) is 16.5. The topological polar surface area (TPSA) is 95.7 Å². The molecule has 0 bridgehead atoms. The molecular weight excluding hydrogens is 320 g/mol. The molecule has 0 aromatic heterocycles. The summed E-state index contributed by atoms with van der Waals surface area (Å²) in [5, 5.41) is 2.26. The van der Waals surface area contributed by atoms with Crippen LogP contribution in [0.25, 0.3) is 0 Å². The van der Waals surface area contributed by atoms with Gasteiger partial charge in [-0.15, -0.1) is 0 Å². The van der Waals surface area contributed by atoms with Gasteiger partial charge in [0, 0.05) is 13.1 Å². The minimum Gasteiger partial charge on any atom is -0.351 e. The summed E-state index contributed by atoms with van der Waals surface area (Å²) in [4.78, 5) is 39.0. The van der Waals surface area contributed by atoms with E-state index < -0.39 is 24.1 Å². The van der Waals surface area contributed by atoms with E-state index in [2.05, 4.69) is 5.32 Å². The van der Waals surface area contributed by atoms with Gasteiger partial charge in [-0.1, -0.05) is 60.7 Å². The Morgan fingerprint density at radius 3 is 2.12 bits per heavy atom. The zero-order valence-corrected chi connectivity index (χ0v) is 13.5. The summed E-state index contributed by atoms with van der Waals surface area (Å²) in [5.41, 5.74) is 7.16. The van der Waals surface area contributed by atoms with Gasteiger partial charge >= 0.3 is 12.1 Å². The van der Waals surface area contributed by atoms with E-state index in [0.717, 1.165) is 11.1 Å². The van der Waals surface area contributed by atoms with Crippen molar-refractivity contribution in [3.8, 4) is 0 Å². The minimum atomic E-state index is -1.08. The number of rotatable bonds is 5. The molecule has 25 heavy (non-hydrogen) atoms. The number of benzene rings is 2. The SMILES string of the molecule is NC(=O)N(Cc1ccccc1)C1C(=O)NC(=O)N1Cc1ccccc1. The maximum Gasteiger partial charge on any atom is 0.326 e. The van der Waals surface area contributed by atoms with E-state index >= 15 is 0 Å². The van der Waals surface area contributed by atoms with Gasteiger partial charge in [0.2, 0.25) is 0 Å². The Morgan fingerprint density at radius 2 is 1.56 bits per heavy atom. The minimum absolute atomic E-state index is 0.132. The molecule has 1 fully saturated rings. The quantitative estimate of drug-likeness (QED) is 0.811. The number of hydrogen-bond acceptors (Lipinski definition) is 3. The third kappa shape index (κ3) is 3.60. The highest BCUT2D eigenvalue weighted by Crippen LogP contribution is 2.19. The second kappa shape index (κ2) is 7.04. The van der Waals surface area contributed by atoms with Crippen LogP contribution in [0.4, 0.5) is 9.59 Å². The number of hydrogen-bond donors (Lipinski definition) is 2. The van der Waals surface area contributed by atoms with Crippen molar-refractivity contribution in [1.29, 1.82) is 0 Å². The maximum absolute atomic E-state index is 12.3. The van der Waals surface area contributed by atoms with E-state index in [1.165, 1.54) is 9.80 Å². The highest BCUT2D eigenvalue weighted by Gasteiger charge is 2.43. The molecule has 1 heterocycles. The average molecular weight is 338 g/mol. The first-order valence-electron chi connectivity index (χ1n) is 7.81. The Labute approximate surface area is 145 Å². The number of amides is 5. The van der Waals surface area contributed by atoms with E-state index in [9.17, 15) is 14.4 Å². The number of primary amides is 1. The molecule has 128 valence electrons. The summed E-state index contributed by atoms with van der Waals surface area (Å²) in [7, 11) is 0. The lowest BCUT2D eigenvalue weighted by Crippen LogP contribution is -2.52. The molecular formula is C18H18N4O3. The molecule has 1 aliphatic rings. The number of carbonyl (C=O) groups excluding carboxylic acids is 3. The number of nitrogens with one attached hydrogen (secondary N) is 1. The van der Waals surface area contributed by atoms with Gasteiger partial charge in [-0.2, -0.15) is 0 Å². The van der Waals surface area contributed by atoms with Crippen molar-refractivity contribution < 1.29 is 14.4 Å². The van der Waals surface area contributed by atoms with Gasteiger partial charge < -0.3 is 5.73 Å². The van der Waals surface area contributed by atoms with Crippen molar-refractivity contribution in [2.24, 2.45) is 5.73 Å². The third-order valence-corrected chi connectivity index (χ3v) is 3.99. The van der Waals surface area contributed by atoms with Crippen molar-refractivity contribution in [2.75, 3.05) is 0 Å². The lowest BCUT2D eigenvalue weighted by molar-refractivity contribution is -0.125. The van der Waals surface area contributed by atoms with Crippen molar-refractivity contribution in [1.82, 2.24) is 15.1 Å². The molecule has 5 amide bonds. The van der Waals surface area contributed by atoms with Crippen LogP contribution >= 0.6 is 0 Å². The molecule has 3 rings (SSSR count). The summed E-state index contributed by atoms with van der Waals surface area (Å²) in [6.45, 7) is 0.328. The number of nitrogens with zero attached hydrogens (tertiary/aromatic N) is 2. The first-order chi connectivity index (χ1) is 12.1.